The van der Waals surface area contributed by atoms with Gasteiger partial charge in [0.05, 0.1) is 18.5 Å². The van der Waals surface area contributed by atoms with Crippen LogP contribution >= 0.6 is 0 Å². The lowest BCUT2D eigenvalue weighted by Gasteiger charge is -2.05. The summed E-state index contributed by atoms with van der Waals surface area (Å²) in [4.78, 5) is 13.5. The van der Waals surface area contributed by atoms with Crippen LogP contribution in [0, 0.1) is 20.8 Å². The number of hydrazone groups is 1. The number of hydrogen-bond donors (Lipinski definition) is 1. The van der Waals surface area contributed by atoms with E-state index in [2.05, 4.69) is 62.2 Å². The molecule has 2 heterocycles. The molecule has 0 aliphatic heterocycles. The fourth-order valence-corrected chi connectivity index (χ4v) is 3.26. The highest BCUT2D eigenvalue weighted by Crippen LogP contribution is 2.14. The van der Waals surface area contributed by atoms with E-state index >= 15 is 0 Å². The van der Waals surface area contributed by atoms with E-state index in [9.17, 15) is 4.79 Å². The Labute approximate surface area is 185 Å². The molecule has 4 aromatic rings. The number of nitrogens with one attached hydrogen (secondary N) is 1. The molecule has 0 fully saturated rings. The molecule has 1 amide bonds. The molecule has 2 aromatic heterocycles. The van der Waals surface area contributed by atoms with Gasteiger partial charge in [0.15, 0.2) is 0 Å². The maximum atomic E-state index is 12.2. The van der Waals surface area contributed by atoms with Gasteiger partial charge in [-0.15, -0.1) is 10.2 Å². The summed E-state index contributed by atoms with van der Waals surface area (Å²) in [6.45, 7) is 6.57. The van der Waals surface area contributed by atoms with Crippen molar-refractivity contribution in [2.24, 2.45) is 5.10 Å². The molecule has 0 bridgehead atoms. The third-order valence-electron chi connectivity index (χ3n) is 5.04. The van der Waals surface area contributed by atoms with Crippen LogP contribution in [-0.2, 0) is 17.9 Å². The first-order chi connectivity index (χ1) is 15.5. The molecule has 0 radical (unpaired) electrons. The summed E-state index contributed by atoms with van der Waals surface area (Å²) < 4.78 is 1.94. The first-order valence-electron chi connectivity index (χ1n) is 10.2. The van der Waals surface area contributed by atoms with Gasteiger partial charge < -0.3 is 0 Å². The van der Waals surface area contributed by atoms with E-state index in [0.29, 0.717) is 12.4 Å². The Hall–Kier alpha value is -4.14. The van der Waals surface area contributed by atoms with Gasteiger partial charge >= 0.3 is 0 Å². The van der Waals surface area contributed by atoms with Gasteiger partial charge in [0.2, 0.25) is 5.82 Å². The molecule has 2 aromatic carbocycles. The van der Waals surface area contributed by atoms with Crippen molar-refractivity contribution in [3.05, 3.63) is 82.7 Å². The third kappa shape index (κ3) is 4.94. The quantitative estimate of drug-likeness (QED) is 0.360. The van der Waals surface area contributed by atoms with Crippen molar-refractivity contribution in [2.45, 2.75) is 33.9 Å². The smallest absolute Gasteiger partial charge is 0.263 e. The lowest BCUT2D eigenvalue weighted by atomic mass is 10.1. The number of aryl methyl sites for hydroxylation is 2. The molecule has 0 aliphatic rings. The molecule has 0 spiro atoms. The fraction of sp³-hybridized carbons (Fsp3) is 0.217. The van der Waals surface area contributed by atoms with Crippen LogP contribution in [0.2, 0.25) is 0 Å². The molecule has 0 saturated carbocycles. The van der Waals surface area contributed by atoms with E-state index in [1.807, 2.05) is 48.9 Å². The number of hydrogen-bond acceptors (Lipinski definition) is 6. The maximum Gasteiger partial charge on any atom is 0.263 e. The lowest BCUT2D eigenvalue weighted by molar-refractivity contribution is -0.122. The maximum absolute atomic E-state index is 12.2. The average Bonchev–Trinajstić information content (AvgIpc) is 3.36. The number of rotatable bonds is 7. The molecule has 9 heteroatoms. The minimum atomic E-state index is -0.347. The van der Waals surface area contributed by atoms with E-state index in [1.165, 1.54) is 15.9 Å². The van der Waals surface area contributed by atoms with E-state index in [0.717, 1.165) is 22.5 Å². The predicted molar refractivity (Wildman–Crippen MR) is 121 cm³/mol. The van der Waals surface area contributed by atoms with Gasteiger partial charge in [-0.3, -0.25) is 9.48 Å². The van der Waals surface area contributed by atoms with Crippen molar-refractivity contribution in [2.75, 3.05) is 0 Å². The number of nitrogens with zero attached hydrogens (tertiary/aromatic N) is 7. The molecule has 162 valence electrons. The highest BCUT2D eigenvalue weighted by atomic mass is 16.2. The zero-order chi connectivity index (χ0) is 22.5. The number of tetrazole rings is 1. The Bertz CT molecular complexity index is 1240. The van der Waals surface area contributed by atoms with Crippen molar-refractivity contribution in [3.63, 3.8) is 0 Å². The molecule has 9 nitrogen and oxygen atoms in total. The summed E-state index contributed by atoms with van der Waals surface area (Å²) in [7, 11) is 0. The zero-order valence-electron chi connectivity index (χ0n) is 18.2. The molecule has 0 aliphatic carbocycles. The highest BCUT2D eigenvalue weighted by molar-refractivity contribution is 5.84. The van der Waals surface area contributed by atoms with Crippen molar-refractivity contribution in [1.82, 2.24) is 35.4 Å². The first kappa shape index (κ1) is 21.1. The second kappa shape index (κ2) is 9.34. The number of amides is 1. The minimum absolute atomic E-state index is 0.0815. The van der Waals surface area contributed by atoms with E-state index in [4.69, 9.17) is 0 Å². The Kier molecular flexibility index (Phi) is 6.16. The monoisotopic (exact) mass is 428 g/mol. The topological polar surface area (TPSA) is 103 Å². The molecule has 0 unspecified atom stereocenters. The van der Waals surface area contributed by atoms with Gasteiger partial charge in [-0.1, -0.05) is 60.2 Å². The number of benzene rings is 2. The van der Waals surface area contributed by atoms with Gasteiger partial charge in [-0.05, 0) is 31.5 Å². The van der Waals surface area contributed by atoms with Crippen LogP contribution in [0.3, 0.4) is 0 Å². The highest BCUT2D eigenvalue weighted by Gasteiger charge is 2.11. The minimum Gasteiger partial charge on any atom is -0.271 e. The number of aromatic nitrogens is 6. The summed E-state index contributed by atoms with van der Waals surface area (Å²) in [5.74, 6) is 0.120. The van der Waals surface area contributed by atoms with E-state index < -0.39 is 0 Å². The summed E-state index contributed by atoms with van der Waals surface area (Å²) in [5, 5.41) is 20.8. The van der Waals surface area contributed by atoms with E-state index in [-0.39, 0.29) is 12.5 Å². The van der Waals surface area contributed by atoms with Crippen LogP contribution < -0.4 is 5.43 Å². The summed E-state index contributed by atoms with van der Waals surface area (Å²) >= 11 is 0. The summed E-state index contributed by atoms with van der Waals surface area (Å²) in [6.07, 6.45) is 1.62. The second-order valence-corrected chi connectivity index (χ2v) is 7.53. The standard InChI is InChI=1S/C23H24N8O/c1-16-9-11-19(12-10-16)14-30-18(3)21(17(2)27-30)13-24-25-22(32)15-31-28-23(26-29-31)20-7-5-4-6-8-20/h4-13H,14-15H2,1-3H3,(H,25,32)/b24-13+. The predicted octanol–water partition coefficient (Wildman–Crippen LogP) is 2.66. The number of carbonyl (C=O) groups excluding carboxylic acids is 1. The zero-order valence-corrected chi connectivity index (χ0v) is 18.2. The SMILES string of the molecule is Cc1ccc(Cn2nc(C)c(/C=N/NC(=O)Cn3nnc(-c4ccccc4)n3)c2C)cc1. The van der Waals surface area contributed by atoms with Crippen molar-refractivity contribution >= 4 is 12.1 Å². The Balaban J connectivity index is 1.36. The normalized spacial score (nSPS) is 11.2. The van der Waals surface area contributed by atoms with Gasteiger partial charge in [0, 0.05) is 16.8 Å². The first-order valence-corrected chi connectivity index (χ1v) is 10.2. The van der Waals surface area contributed by atoms with Crippen LogP contribution in [0.4, 0.5) is 0 Å². The Morgan fingerprint density at radius 3 is 2.53 bits per heavy atom. The molecule has 0 atom stereocenters. The molecule has 4 rings (SSSR count). The largest absolute Gasteiger partial charge is 0.271 e. The summed E-state index contributed by atoms with van der Waals surface area (Å²) in [5.41, 5.74) is 8.45. The van der Waals surface area contributed by atoms with Crippen molar-refractivity contribution < 1.29 is 4.79 Å². The molecule has 32 heavy (non-hydrogen) atoms. The molecular formula is C23H24N8O. The van der Waals surface area contributed by atoms with Crippen LogP contribution in [0.5, 0.6) is 0 Å². The van der Waals surface area contributed by atoms with Crippen molar-refractivity contribution in [3.8, 4) is 11.4 Å². The van der Waals surface area contributed by atoms with Crippen LogP contribution in [0.25, 0.3) is 11.4 Å². The molecule has 1 N–H and O–H groups in total. The second-order valence-electron chi connectivity index (χ2n) is 7.53. The Morgan fingerprint density at radius 2 is 1.78 bits per heavy atom. The van der Waals surface area contributed by atoms with Crippen LogP contribution in [0.15, 0.2) is 59.7 Å². The number of carbonyl (C=O) groups is 1. The average molecular weight is 429 g/mol. The van der Waals surface area contributed by atoms with Gasteiger partial charge in [0.25, 0.3) is 5.91 Å². The lowest BCUT2D eigenvalue weighted by Crippen LogP contribution is -2.24. The summed E-state index contributed by atoms with van der Waals surface area (Å²) in [6, 6.07) is 17.8. The van der Waals surface area contributed by atoms with Gasteiger partial charge in [-0.25, -0.2) is 5.43 Å². The van der Waals surface area contributed by atoms with Gasteiger partial charge in [-0.2, -0.15) is 15.0 Å². The third-order valence-corrected chi connectivity index (χ3v) is 5.04. The Morgan fingerprint density at radius 1 is 1.03 bits per heavy atom. The van der Waals surface area contributed by atoms with Crippen LogP contribution in [0.1, 0.15) is 28.1 Å². The van der Waals surface area contributed by atoms with E-state index in [1.54, 1.807) is 6.21 Å². The van der Waals surface area contributed by atoms with Crippen LogP contribution in [-0.4, -0.2) is 42.1 Å². The molecular weight excluding hydrogens is 404 g/mol. The molecule has 0 saturated heterocycles. The fourth-order valence-electron chi connectivity index (χ4n) is 3.26. The van der Waals surface area contributed by atoms with Crippen molar-refractivity contribution in [1.29, 1.82) is 0 Å². The van der Waals surface area contributed by atoms with Gasteiger partial charge in [0.1, 0.15) is 6.54 Å².